The molecule has 0 fully saturated rings. The van der Waals surface area contributed by atoms with E-state index in [1.165, 1.54) is 0 Å². The number of nitrogens with one attached hydrogen (secondary N) is 1. The average molecular weight is 276 g/mol. The lowest BCUT2D eigenvalue weighted by molar-refractivity contribution is 0.253. The van der Waals surface area contributed by atoms with Gasteiger partial charge in [-0.15, -0.1) is 0 Å². The minimum Gasteiger partial charge on any atom is -0.466 e. The third kappa shape index (κ3) is 3.63. The van der Waals surface area contributed by atoms with Crippen molar-refractivity contribution in [2.75, 3.05) is 6.61 Å². The van der Waals surface area contributed by atoms with Crippen molar-refractivity contribution in [3.63, 3.8) is 0 Å². The number of aliphatic hydroxyl groups is 1. The normalized spacial score (nSPS) is 15.2. The Morgan fingerprint density at radius 3 is 2.80 bits per heavy atom. The summed E-state index contributed by atoms with van der Waals surface area (Å²) in [5, 5.41) is 12.3. The molecule has 0 radical (unpaired) electrons. The quantitative estimate of drug-likeness (QED) is 0.839. The summed E-state index contributed by atoms with van der Waals surface area (Å²) in [5.74, 6) is 0.909. The summed E-state index contributed by atoms with van der Waals surface area (Å²) < 4.78 is 6.37. The second-order valence-corrected chi connectivity index (χ2v) is 4.49. The number of aliphatic hydroxyl groups excluding tert-OH is 1. The molecule has 3 nitrogen and oxygen atoms in total. The van der Waals surface area contributed by atoms with Crippen LogP contribution in [0.15, 0.2) is 21.2 Å². The van der Waals surface area contributed by atoms with E-state index in [0.717, 1.165) is 23.1 Å². The molecule has 1 aromatic heterocycles. The zero-order valence-electron chi connectivity index (χ0n) is 9.16. The standard InChI is InChI=1S/C11H18BrNO2/c1-3-9(4-6-14)13-8(2)11-10(12)5-7-15-11/h5,7-9,13-14H,3-4,6H2,1-2H3. The van der Waals surface area contributed by atoms with Gasteiger partial charge in [0, 0.05) is 12.6 Å². The van der Waals surface area contributed by atoms with E-state index in [2.05, 4.69) is 35.1 Å². The second kappa shape index (κ2) is 6.30. The first-order chi connectivity index (χ1) is 7.19. The largest absolute Gasteiger partial charge is 0.466 e. The molecule has 15 heavy (non-hydrogen) atoms. The Hall–Kier alpha value is -0.320. The van der Waals surface area contributed by atoms with Crippen LogP contribution in [0.3, 0.4) is 0 Å². The van der Waals surface area contributed by atoms with Crippen molar-refractivity contribution in [2.24, 2.45) is 0 Å². The van der Waals surface area contributed by atoms with Gasteiger partial charge in [0.25, 0.3) is 0 Å². The van der Waals surface area contributed by atoms with Gasteiger partial charge in [0.2, 0.25) is 0 Å². The lowest BCUT2D eigenvalue weighted by Gasteiger charge is -2.20. The molecular formula is C11H18BrNO2. The molecule has 0 amide bonds. The first kappa shape index (κ1) is 12.7. The fraction of sp³-hybridized carbons (Fsp3) is 0.636. The number of halogens is 1. The van der Waals surface area contributed by atoms with Crippen LogP contribution < -0.4 is 5.32 Å². The highest BCUT2D eigenvalue weighted by Gasteiger charge is 2.16. The van der Waals surface area contributed by atoms with E-state index in [9.17, 15) is 0 Å². The number of hydrogen-bond donors (Lipinski definition) is 2. The van der Waals surface area contributed by atoms with Crippen molar-refractivity contribution in [2.45, 2.75) is 38.8 Å². The van der Waals surface area contributed by atoms with Crippen molar-refractivity contribution < 1.29 is 9.52 Å². The molecule has 0 saturated heterocycles. The molecule has 0 spiro atoms. The first-order valence-corrected chi connectivity index (χ1v) is 6.08. The maximum atomic E-state index is 8.89. The summed E-state index contributed by atoms with van der Waals surface area (Å²) in [5.41, 5.74) is 0. The van der Waals surface area contributed by atoms with Crippen molar-refractivity contribution in [3.05, 3.63) is 22.6 Å². The maximum Gasteiger partial charge on any atom is 0.134 e. The van der Waals surface area contributed by atoms with Gasteiger partial charge in [-0.25, -0.2) is 0 Å². The van der Waals surface area contributed by atoms with E-state index in [0.29, 0.717) is 6.04 Å². The predicted octanol–water partition coefficient (Wildman–Crippen LogP) is 2.85. The number of rotatable bonds is 6. The highest BCUT2D eigenvalue weighted by molar-refractivity contribution is 9.10. The summed E-state index contributed by atoms with van der Waals surface area (Å²) in [6, 6.07) is 2.38. The fourth-order valence-electron chi connectivity index (χ4n) is 1.60. The molecule has 0 aliphatic heterocycles. The topological polar surface area (TPSA) is 45.4 Å². The van der Waals surface area contributed by atoms with Crippen LogP contribution in [0.1, 0.15) is 38.5 Å². The number of furan rings is 1. The van der Waals surface area contributed by atoms with E-state index in [-0.39, 0.29) is 12.6 Å². The average Bonchev–Trinajstić information content (AvgIpc) is 2.63. The summed E-state index contributed by atoms with van der Waals surface area (Å²) in [6.07, 6.45) is 3.45. The van der Waals surface area contributed by atoms with Gasteiger partial charge >= 0.3 is 0 Å². The van der Waals surface area contributed by atoms with Crippen LogP contribution in [0.2, 0.25) is 0 Å². The van der Waals surface area contributed by atoms with Crippen molar-refractivity contribution >= 4 is 15.9 Å². The Morgan fingerprint density at radius 2 is 2.33 bits per heavy atom. The molecule has 86 valence electrons. The maximum absolute atomic E-state index is 8.89. The van der Waals surface area contributed by atoms with Crippen molar-refractivity contribution in [3.8, 4) is 0 Å². The van der Waals surface area contributed by atoms with Gasteiger partial charge in [-0.05, 0) is 41.8 Å². The molecule has 2 N–H and O–H groups in total. The second-order valence-electron chi connectivity index (χ2n) is 3.64. The van der Waals surface area contributed by atoms with Crippen LogP contribution >= 0.6 is 15.9 Å². The lowest BCUT2D eigenvalue weighted by Crippen LogP contribution is -2.31. The SMILES string of the molecule is CCC(CCO)NC(C)c1occc1Br. The summed E-state index contributed by atoms with van der Waals surface area (Å²) in [7, 11) is 0. The minimum absolute atomic E-state index is 0.158. The molecule has 0 aliphatic carbocycles. The van der Waals surface area contributed by atoms with E-state index < -0.39 is 0 Å². The molecule has 0 aliphatic rings. The van der Waals surface area contributed by atoms with Gasteiger partial charge in [-0.3, -0.25) is 0 Å². The molecule has 1 aromatic rings. The summed E-state index contributed by atoms with van der Waals surface area (Å²) in [6.45, 7) is 4.39. The summed E-state index contributed by atoms with van der Waals surface area (Å²) in [4.78, 5) is 0. The Morgan fingerprint density at radius 1 is 1.60 bits per heavy atom. The Kier molecular flexibility index (Phi) is 5.36. The molecule has 1 rings (SSSR count). The molecule has 2 atom stereocenters. The Labute approximate surface area is 99.0 Å². The Balaban J connectivity index is 2.54. The summed E-state index contributed by atoms with van der Waals surface area (Å²) >= 11 is 3.43. The minimum atomic E-state index is 0.158. The van der Waals surface area contributed by atoms with Gasteiger partial charge in [0.15, 0.2) is 0 Å². The highest BCUT2D eigenvalue weighted by Crippen LogP contribution is 2.24. The lowest BCUT2D eigenvalue weighted by atomic mass is 10.1. The molecule has 4 heteroatoms. The molecule has 0 bridgehead atoms. The van der Waals surface area contributed by atoms with Gasteiger partial charge in [-0.1, -0.05) is 6.92 Å². The highest BCUT2D eigenvalue weighted by atomic mass is 79.9. The van der Waals surface area contributed by atoms with E-state index >= 15 is 0 Å². The molecule has 0 aromatic carbocycles. The van der Waals surface area contributed by atoms with E-state index in [1.54, 1.807) is 6.26 Å². The zero-order chi connectivity index (χ0) is 11.3. The van der Waals surface area contributed by atoms with Gasteiger partial charge in [0.05, 0.1) is 16.8 Å². The van der Waals surface area contributed by atoms with E-state index in [4.69, 9.17) is 9.52 Å². The van der Waals surface area contributed by atoms with Gasteiger partial charge in [-0.2, -0.15) is 0 Å². The van der Waals surface area contributed by atoms with E-state index in [1.807, 2.05) is 6.07 Å². The Bertz CT molecular complexity index is 288. The van der Waals surface area contributed by atoms with Gasteiger partial charge < -0.3 is 14.8 Å². The third-order valence-corrected chi connectivity index (χ3v) is 3.15. The predicted molar refractivity (Wildman–Crippen MR) is 63.7 cm³/mol. The van der Waals surface area contributed by atoms with Crippen LogP contribution in [0.25, 0.3) is 0 Å². The molecule has 1 heterocycles. The van der Waals surface area contributed by atoms with Crippen LogP contribution in [-0.2, 0) is 0 Å². The van der Waals surface area contributed by atoms with Gasteiger partial charge in [0.1, 0.15) is 5.76 Å². The molecule has 2 unspecified atom stereocenters. The van der Waals surface area contributed by atoms with Crippen LogP contribution in [-0.4, -0.2) is 17.8 Å². The monoisotopic (exact) mass is 275 g/mol. The van der Waals surface area contributed by atoms with Crippen LogP contribution in [0.4, 0.5) is 0 Å². The fourth-order valence-corrected chi connectivity index (χ4v) is 2.15. The third-order valence-electron chi connectivity index (χ3n) is 2.49. The van der Waals surface area contributed by atoms with Crippen LogP contribution in [0.5, 0.6) is 0 Å². The smallest absolute Gasteiger partial charge is 0.134 e. The molecular weight excluding hydrogens is 258 g/mol. The zero-order valence-corrected chi connectivity index (χ0v) is 10.8. The van der Waals surface area contributed by atoms with Crippen molar-refractivity contribution in [1.82, 2.24) is 5.32 Å². The van der Waals surface area contributed by atoms with Crippen molar-refractivity contribution in [1.29, 1.82) is 0 Å². The molecule has 0 saturated carbocycles. The van der Waals surface area contributed by atoms with Crippen LogP contribution in [0, 0.1) is 0 Å². The first-order valence-electron chi connectivity index (χ1n) is 5.28. The number of hydrogen-bond acceptors (Lipinski definition) is 3.